The Hall–Kier alpha value is -0.700. The number of carbonyl (C=O) groups excluding carboxylic acids is 1. The van der Waals surface area contributed by atoms with Gasteiger partial charge in [-0.25, -0.2) is 13.1 Å². The van der Waals surface area contributed by atoms with Crippen LogP contribution in [0.4, 0.5) is 0 Å². The van der Waals surface area contributed by atoms with Gasteiger partial charge in [0.2, 0.25) is 15.9 Å². The molecule has 2 N–H and O–H groups in total. The normalized spacial score (nSPS) is 26.0. The van der Waals surface area contributed by atoms with Crippen molar-refractivity contribution in [2.45, 2.75) is 37.8 Å². The smallest absolute Gasteiger partial charge is 0.235 e. The van der Waals surface area contributed by atoms with Crippen molar-refractivity contribution in [2.75, 3.05) is 46.0 Å². The molecule has 0 aromatic carbocycles. The molecule has 0 spiro atoms. The van der Waals surface area contributed by atoms with Crippen LogP contribution in [-0.2, 0) is 14.8 Å². The molecule has 0 aliphatic carbocycles. The van der Waals surface area contributed by atoms with E-state index < -0.39 is 10.0 Å². The first kappa shape index (κ1) is 17.7. The Morgan fingerprint density at radius 2 is 1.86 bits per heavy atom. The van der Waals surface area contributed by atoms with Gasteiger partial charge >= 0.3 is 0 Å². The number of sulfonamides is 1. The fourth-order valence-electron chi connectivity index (χ4n) is 3.29. The summed E-state index contributed by atoms with van der Waals surface area (Å²) in [4.78, 5) is 16.7. The van der Waals surface area contributed by atoms with Crippen molar-refractivity contribution < 1.29 is 13.2 Å². The number of hydrogen-bond acceptors (Lipinski definition) is 5. The van der Waals surface area contributed by atoms with Crippen LogP contribution in [0.2, 0.25) is 0 Å². The second-order valence-corrected chi connectivity index (χ2v) is 8.36. The summed E-state index contributed by atoms with van der Waals surface area (Å²) in [6, 6.07) is 0.743. The average Bonchev–Trinajstić information content (AvgIpc) is 2.45. The van der Waals surface area contributed by atoms with E-state index in [1.54, 1.807) is 0 Å². The molecule has 2 aliphatic rings. The van der Waals surface area contributed by atoms with E-state index in [-0.39, 0.29) is 18.5 Å². The molecule has 128 valence electrons. The van der Waals surface area contributed by atoms with Gasteiger partial charge in [0.15, 0.2) is 0 Å². The van der Waals surface area contributed by atoms with Gasteiger partial charge in [-0.2, -0.15) is 0 Å². The van der Waals surface area contributed by atoms with E-state index in [1.165, 1.54) is 12.8 Å². The molecule has 1 unspecified atom stereocenters. The van der Waals surface area contributed by atoms with E-state index in [1.807, 2.05) is 0 Å². The quantitative estimate of drug-likeness (QED) is 0.690. The number of amides is 1. The lowest BCUT2D eigenvalue weighted by Gasteiger charge is -2.41. The number of rotatable bonds is 5. The summed E-state index contributed by atoms with van der Waals surface area (Å²) in [5, 5.41) is 2.95. The van der Waals surface area contributed by atoms with E-state index in [0.29, 0.717) is 6.04 Å². The summed E-state index contributed by atoms with van der Waals surface area (Å²) in [7, 11) is -1.16. The third kappa shape index (κ3) is 5.83. The average molecular weight is 332 g/mol. The third-order valence-corrected chi connectivity index (χ3v) is 5.19. The highest BCUT2D eigenvalue weighted by Crippen LogP contribution is 2.20. The Balaban J connectivity index is 1.77. The molecule has 8 heteroatoms. The molecular formula is C14H28N4O3S. The van der Waals surface area contributed by atoms with Crippen LogP contribution >= 0.6 is 0 Å². The van der Waals surface area contributed by atoms with E-state index in [2.05, 4.69) is 26.9 Å². The molecule has 0 saturated carbocycles. The van der Waals surface area contributed by atoms with Crippen LogP contribution < -0.4 is 10.0 Å². The zero-order chi connectivity index (χ0) is 16.2. The van der Waals surface area contributed by atoms with Crippen LogP contribution in [0.1, 0.15) is 25.7 Å². The minimum absolute atomic E-state index is 0.127. The third-order valence-electron chi connectivity index (χ3n) is 4.52. The molecule has 2 aliphatic heterocycles. The Morgan fingerprint density at radius 3 is 2.50 bits per heavy atom. The Bertz CT molecular complexity index is 474. The molecule has 0 aromatic rings. The summed E-state index contributed by atoms with van der Waals surface area (Å²) in [5.41, 5.74) is 0. The summed E-state index contributed by atoms with van der Waals surface area (Å²) >= 11 is 0. The van der Waals surface area contributed by atoms with Crippen LogP contribution in [0.3, 0.4) is 0 Å². The first-order valence-electron chi connectivity index (χ1n) is 8.00. The number of hydrogen-bond donors (Lipinski definition) is 2. The number of piperidine rings is 2. The van der Waals surface area contributed by atoms with Gasteiger partial charge in [0.05, 0.1) is 12.8 Å². The van der Waals surface area contributed by atoms with Gasteiger partial charge < -0.3 is 10.2 Å². The van der Waals surface area contributed by atoms with Crippen LogP contribution in [0.25, 0.3) is 0 Å². The predicted molar refractivity (Wildman–Crippen MR) is 86.1 cm³/mol. The van der Waals surface area contributed by atoms with Crippen molar-refractivity contribution >= 4 is 15.9 Å². The molecule has 0 bridgehead atoms. The van der Waals surface area contributed by atoms with Crippen LogP contribution in [0.5, 0.6) is 0 Å². The zero-order valence-corrected chi connectivity index (χ0v) is 14.4. The molecule has 2 rings (SSSR count). The van der Waals surface area contributed by atoms with Crippen molar-refractivity contribution in [2.24, 2.45) is 0 Å². The van der Waals surface area contributed by atoms with Gasteiger partial charge in [0, 0.05) is 18.6 Å². The second-order valence-electron chi connectivity index (χ2n) is 6.53. The Kier molecular flexibility index (Phi) is 6.19. The van der Waals surface area contributed by atoms with Gasteiger partial charge in [0.25, 0.3) is 0 Å². The lowest BCUT2D eigenvalue weighted by Crippen LogP contribution is -2.54. The topological polar surface area (TPSA) is 81.8 Å². The standard InChI is InChI=1S/C14H28N4O3S/c1-17-8-5-13(6-9-17)18-7-3-4-12(11-18)16-14(19)10-15-22(2,20)21/h12-13,15H,3-11H2,1-2H3,(H,16,19). The maximum absolute atomic E-state index is 11.8. The Labute approximate surface area is 133 Å². The number of likely N-dealkylation sites (tertiary alicyclic amines) is 2. The van der Waals surface area contributed by atoms with Crippen molar-refractivity contribution in [1.29, 1.82) is 0 Å². The highest BCUT2D eigenvalue weighted by molar-refractivity contribution is 7.88. The Morgan fingerprint density at radius 1 is 1.18 bits per heavy atom. The van der Waals surface area contributed by atoms with Gasteiger partial charge in [-0.1, -0.05) is 0 Å². The summed E-state index contributed by atoms with van der Waals surface area (Å²) in [6.07, 6.45) is 5.48. The van der Waals surface area contributed by atoms with Gasteiger partial charge in [0.1, 0.15) is 0 Å². The summed E-state index contributed by atoms with van der Waals surface area (Å²) in [6.45, 7) is 4.07. The van der Waals surface area contributed by atoms with Gasteiger partial charge in [-0.05, 0) is 52.4 Å². The van der Waals surface area contributed by atoms with E-state index in [4.69, 9.17) is 0 Å². The molecule has 1 atom stereocenters. The number of carbonyl (C=O) groups is 1. The molecule has 1 amide bonds. The van der Waals surface area contributed by atoms with E-state index in [0.717, 1.165) is 45.3 Å². The van der Waals surface area contributed by atoms with Crippen molar-refractivity contribution in [3.05, 3.63) is 0 Å². The van der Waals surface area contributed by atoms with E-state index in [9.17, 15) is 13.2 Å². The number of nitrogens with zero attached hydrogens (tertiary/aromatic N) is 2. The molecule has 22 heavy (non-hydrogen) atoms. The van der Waals surface area contributed by atoms with Crippen LogP contribution in [0, 0.1) is 0 Å². The second kappa shape index (κ2) is 7.72. The fraction of sp³-hybridized carbons (Fsp3) is 0.929. The fourth-order valence-corrected chi connectivity index (χ4v) is 3.68. The molecular weight excluding hydrogens is 304 g/mol. The van der Waals surface area contributed by atoms with Gasteiger partial charge in [-0.3, -0.25) is 9.69 Å². The highest BCUT2D eigenvalue weighted by Gasteiger charge is 2.28. The lowest BCUT2D eigenvalue weighted by atomic mass is 9.98. The zero-order valence-electron chi connectivity index (χ0n) is 13.5. The van der Waals surface area contributed by atoms with E-state index >= 15 is 0 Å². The minimum Gasteiger partial charge on any atom is -0.351 e. The number of nitrogens with one attached hydrogen (secondary N) is 2. The molecule has 0 aromatic heterocycles. The molecule has 0 radical (unpaired) electrons. The minimum atomic E-state index is -3.32. The maximum Gasteiger partial charge on any atom is 0.235 e. The van der Waals surface area contributed by atoms with Crippen molar-refractivity contribution in [3.63, 3.8) is 0 Å². The first-order chi connectivity index (χ1) is 10.3. The highest BCUT2D eigenvalue weighted by atomic mass is 32.2. The van der Waals surface area contributed by atoms with Crippen LogP contribution in [0.15, 0.2) is 0 Å². The molecule has 2 heterocycles. The van der Waals surface area contributed by atoms with Crippen molar-refractivity contribution in [1.82, 2.24) is 19.8 Å². The molecule has 2 saturated heterocycles. The SMILES string of the molecule is CN1CCC(N2CCCC(NC(=O)CNS(C)(=O)=O)C2)CC1. The summed E-state index contributed by atoms with van der Waals surface area (Å²) in [5.74, 6) is -0.249. The lowest BCUT2D eigenvalue weighted by molar-refractivity contribution is -0.121. The largest absolute Gasteiger partial charge is 0.351 e. The summed E-state index contributed by atoms with van der Waals surface area (Å²) < 4.78 is 24.3. The van der Waals surface area contributed by atoms with Crippen LogP contribution in [-0.4, -0.2) is 82.2 Å². The monoisotopic (exact) mass is 332 g/mol. The van der Waals surface area contributed by atoms with Crippen molar-refractivity contribution in [3.8, 4) is 0 Å². The molecule has 7 nitrogen and oxygen atoms in total. The first-order valence-corrected chi connectivity index (χ1v) is 9.89. The van der Waals surface area contributed by atoms with Gasteiger partial charge in [-0.15, -0.1) is 0 Å². The molecule has 2 fully saturated rings. The predicted octanol–water partition coefficient (Wildman–Crippen LogP) is -0.790. The maximum atomic E-state index is 11.8.